The second-order valence-electron chi connectivity index (χ2n) is 5.49. The van der Waals surface area contributed by atoms with Crippen LogP contribution in [-0.4, -0.2) is 68.3 Å². The van der Waals surface area contributed by atoms with Crippen molar-refractivity contribution in [1.82, 2.24) is 9.80 Å². The van der Waals surface area contributed by atoms with Crippen LogP contribution in [0, 0.1) is 5.41 Å². The van der Waals surface area contributed by atoms with Crippen LogP contribution < -0.4 is 5.73 Å². The van der Waals surface area contributed by atoms with E-state index in [1.54, 1.807) is 0 Å². The van der Waals surface area contributed by atoms with E-state index in [0.29, 0.717) is 0 Å². The zero-order valence-electron chi connectivity index (χ0n) is 10.6. The number of piperazine rings is 1. The minimum Gasteiger partial charge on any atom is -0.379 e. The van der Waals surface area contributed by atoms with Gasteiger partial charge in [0.15, 0.2) is 0 Å². The largest absolute Gasteiger partial charge is 0.379 e. The fourth-order valence-corrected chi connectivity index (χ4v) is 2.66. The van der Waals surface area contributed by atoms with Gasteiger partial charge in [0.1, 0.15) is 0 Å². The highest BCUT2D eigenvalue weighted by molar-refractivity contribution is 4.93. The van der Waals surface area contributed by atoms with Gasteiger partial charge in [0, 0.05) is 44.2 Å². The van der Waals surface area contributed by atoms with E-state index in [4.69, 9.17) is 10.5 Å². The predicted molar refractivity (Wildman–Crippen MR) is 65.5 cm³/mol. The van der Waals surface area contributed by atoms with Gasteiger partial charge in [-0.1, -0.05) is 13.8 Å². The second kappa shape index (κ2) is 5.00. The molecule has 2 N–H and O–H groups in total. The lowest BCUT2D eigenvalue weighted by Crippen LogP contribution is -2.52. The summed E-state index contributed by atoms with van der Waals surface area (Å²) in [7, 11) is 0. The molecule has 16 heavy (non-hydrogen) atoms. The highest BCUT2D eigenvalue weighted by Gasteiger charge is 2.39. The van der Waals surface area contributed by atoms with Gasteiger partial charge in [0.05, 0.1) is 13.2 Å². The van der Waals surface area contributed by atoms with Crippen LogP contribution in [0.3, 0.4) is 0 Å². The summed E-state index contributed by atoms with van der Waals surface area (Å²) in [5, 5.41) is 0. The molecule has 0 bridgehead atoms. The van der Waals surface area contributed by atoms with Crippen LogP contribution in [0.4, 0.5) is 0 Å². The number of hydrogen-bond donors (Lipinski definition) is 1. The number of ether oxygens (including phenoxy) is 1. The molecule has 4 nitrogen and oxygen atoms in total. The standard InChI is InChI=1S/C12H25N3O/c1-3-14-4-6-15(7-5-14)9-12(2)10-16-8-11(12)13/h11H,3-10,13H2,1-2H3. The normalized spacial score (nSPS) is 38.1. The summed E-state index contributed by atoms with van der Waals surface area (Å²) in [6, 6.07) is 0.205. The minimum absolute atomic E-state index is 0.161. The highest BCUT2D eigenvalue weighted by atomic mass is 16.5. The summed E-state index contributed by atoms with van der Waals surface area (Å²) in [4.78, 5) is 5.05. The lowest BCUT2D eigenvalue weighted by Gasteiger charge is -2.39. The molecule has 0 aromatic rings. The lowest BCUT2D eigenvalue weighted by atomic mass is 9.85. The number of likely N-dealkylation sites (N-methyl/N-ethyl adjacent to an activating group) is 1. The van der Waals surface area contributed by atoms with Gasteiger partial charge in [0.2, 0.25) is 0 Å². The van der Waals surface area contributed by atoms with Gasteiger partial charge in [-0.25, -0.2) is 0 Å². The molecule has 2 atom stereocenters. The Hall–Kier alpha value is -0.160. The van der Waals surface area contributed by atoms with Crippen molar-refractivity contribution in [2.75, 3.05) is 52.5 Å². The molecule has 0 spiro atoms. The van der Waals surface area contributed by atoms with Crippen molar-refractivity contribution in [3.8, 4) is 0 Å². The van der Waals surface area contributed by atoms with E-state index in [9.17, 15) is 0 Å². The van der Waals surface area contributed by atoms with Crippen molar-refractivity contribution < 1.29 is 4.74 Å². The van der Waals surface area contributed by atoms with E-state index in [1.807, 2.05) is 0 Å². The number of rotatable bonds is 3. The molecular weight excluding hydrogens is 202 g/mol. The van der Waals surface area contributed by atoms with Crippen LogP contribution in [0.15, 0.2) is 0 Å². The quantitative estimate of drug-likeness (QED) is 0.736. The number of nitrogens with zero attached hydrogens (tertiary/aromatic N) is 2. The van der Waals surface area contributed by atoms with Gasteiger partial charge >= 0.3 is 0 Å². The van der Waals surface area contributed by atoms with Crippen LogP contribution in [0.2, 0.25) is 0 Å². The van der Waals surface area contributed by atoms with Gasteiger partial charge in [0.25, 0.3) is 0 Å². The van der Waals surface area contributed by atoms with Crippen molar-refractivity contribution >= 4 is 0 Å². The molecule has 0 aromatic carbocycles. The van der Waals surface area contributed by atoms with Gasteiger partial charge in [-0.3, -0.25) is 0 Å². The first-order valence-electron chi connectivity index (χ1n) is 6.42. The number of nitrogens with two attached hydrogens (primary N) is 1. The van der Waals surface area contributed by atoms with Gasteiger partial charge < -0.3 is 20.3 Å². The Balaban J connectivity index is 1.82. The van der Waals surface area contributed by atoms with E-state index >= 15 is 0 Å². The third-order valence-electron chi connectivity index (χ3n) is 4.12. The Bertz CT molecular complexity index is 228. The third-order valence-corrected chi connectivity index (χ3v) is 4.12. The summed E-state index contributed by atoms with van der Waals surface area (Å²) in [6.07, 6.45) is 0. The van der Waals surface area contributed by atoms with E-state index in [0.717, 1.165) is 19.8 Å². The fraction of sp³-hybridized carbons (Fsp3) is 1.00. The summed E-state index contributed by atoms with van der Waals surface area (Å²) in [5.41, 5.74) is 6.28. The molecule has 0 radical (unpaired) electrons. The van der Waals surface area contributed by atoms with Crippen LogP contribution >= 0.6 is 0 Å². The Labute approximate surface area is 98.7 Å². The number of hydrogen-bond acceptors (Lipinski definition) is 4. The average Bonchev–Trinajstić information content (AvgIpc) is 2.60. The average molecular weight is 227 g/mol. The van der Waals surface area contributed by atoms with Gasteiger partial charge in [-0.05, 0) is 6.54 Å². The van der Waals surface area contributed by atoms with Crippen LogP contribution in [0.1, 0.15) is 13.8 Å². The summed E-state index contributed by atoms with van der Waals surface area (Å²) in [6.45, 7) is 13.1. The zero-order valence-corrected chi connectivity index (χ0v) is 10.6. The van der Waals surface area contributed by atoms with E-state index in [1.165, 1.54) is 32.7 Å². The molecular formula is C12H25N3O. The molecule has 94 valence electrons. The summed E-state index contributed by atoms with van der Waals surface area (Å²) in [5.74, 6) is 0. The Kier molecular flexibility index (Phi) is 3.85. The summed E-state index contributed by atoms with van der Waals surface area (Å²) >= 11 is 0. The van der Waals surface area contributed by atoms with Crippen LogP contribution in [-0.2, 0) is 4.74 Å². The Morgan fingerprint density at radius 3 is 2.38 bits per heavy atom. The maximum atomic E-state index is 6.12. The monoisotopic (exact) mass is 227 g/mol. The first kappa shape index (κ1) is 12.3. The minimum atomic E-state index is 0.161. The SMILES string of the molecule is CCN1CCN(CC2(C)COCC2N)CC1. The first-order valence-corrected chi connectivity index (χ1v) is 6.42. The topological polar surface area (TPSA) is 41.7 Å². The Morgan fingerprint density at radius 2 is 1.88 bits per heavy atom. The molecule has 2 aliphatic heterocycles. The van der Waals surface area contributed by atoms with Crippen molar-refractivity contribution in [1.29, 1.82) is 0 Å². The molecule has 0 aromatic heterocycles. The predicted octanol–water partition coefficient (Wildman–Crippen LogP) is -0.0123. The molecule has 2 rings (SSSR count). The van der Waals surface area contributed by atoms with E-state index in [-0.39, 0.29) is 11.5 Å². The first-order chi connectivity index (χ1) is 7.64. The van der Waals surface area contributed by atoms with Crippen molar-refractivity contribution in [2.24, 2.45) is 11.1 Å². The summed E-state index contributed by atoms with van der Waals surface area (Å²) < 4.78 is 5.49. The van der Waals surface area contributed by atoms with Gasteiger partial charge in [-0.15, -0.1) is 0 Å². The molecule has 2 saturated heterocycles. The molecule has 0 saturated carbocycles. The van der Waals surface area contributed by atoms with Crippen LogP contribution in [0.25, 0.3) is 0 Å². The molecule has 2 unspecified atom stereocenters. The molecule has 2 fully saturated rings. The van der Waals surface area contributed by atoms with Crippen LogP contribution in [0.5, 0.6) is 0 Å². The lowest BCUT2D eigenvalue weighted by molar-refractivity contribution is 0.0788. The van der Waals surface area contributed by atoms with E-state index < -0.39 is 0 Å². The zero-order chi connectivity index (χ0) is 11.6. The van der Waals surface area contributed by atoms with Crippen molar-refractivity contribution in [3.63, 3.8) is 0 Å². The van der Waals surface area contributed by atoms with Crippen molar-refractivity contribution in [3.05, 3.63) is 0 Å². The fourth-order valence-electron chi connectivity index (χ4n) is 2.66. The maximum Gasteiger partial charge on any atom is 0.0624 e. The second-order valence-corrected chi connectivity index (χ2v) is 5.49. The molecule has 0 amide bonds. The van der Waals surface area contributed by atoms with E-state index in [2.05, 4.69) is 23.6 Å². The maximum absolute atomic E-state index is 6.12. The Morgan fingerprint density at radius 1 is 1.25 bits per heavy atom. The molecule has 0 aliphatic carbocycles. The highest BCUT2D eigenvalue weighted by Crippen LogP contribution is 2.28. The molecule has 2 aliphatic rings. The molecule has 2 heterocycles. The van der Waals surface area contributed by atoms with Gasteiger partial charge in [-0.2, -0.15) is 0 Å². The third kappa shape index (κ3) is 2.56. The smallest absolute Gasteiger partial charge is 0.0624 e. The van der Waals surface area contributed by atoms with Crippen molar-refractivity contribution in [2.45, 2.75) is 19.9 Å². The molecule has 4 heteroatoms.